The molecule has 2 aliphatic carbocycles. The molecule has 4 atom stereocenters. The maximum atomic E-state index is 12.3. The highest BCUT2D eigenvalue weighted by Crippen LogP contribution is 2.62. The van der Waals surface area contributed by atoms with Crippen LogP contribution in [0.2, 0.25) is 0 Å². The molecule has 0 radical (unpaired) electrons. The molecule has 2 heteroatoms. The summed E-state index contributed by atoms with van der Waals surface area (Å²) in [5.74, 6) is 1.79. The van der Waals surface area contributed by atoms with Crippen LogP contribution in [0.1, 0.15) is 53.4 Å². The molecule has 17 heavy (non-hydrogen) atoms. The van der Waals surface area contributed by atoms with Crippen LogP contribution in [0.25, 0.3) is 0 Å². The van der Waals surface area contributed by atoms with E-state index in [1.54, 1.807) is 0 Å². The molecule has 0 aromatic carbocycles. The lowest BCUT2D eigenvalue weighted by molar-refractivity contribution is -0.126. The van der Waals surface area contributed by atoms with E-state index in [0.717, 1.165) is 19.3 Å². The molecular formula is C15H24O2. The Bertz CT molecular complexity index is 343. The number of hydrogen-bond donors (Lipinski definition) is 0. The first-order chi connectivity index (χ1) is 7.85. The lowest BCUT2D eigenvalue weighted by Crippen LogP contribution is -2.20. The van der Waals surface area contributed by atoms with E-state index in [4.69, 9.17) is 0 Å². The predicted molar refractivity (Wildman–Crippen MR) is 67.6 cm³/mol. The number of carbonyl (C=O) groups is 2. The van der Waals surface area contributed by atoms with Crippen LogP contribution < -0.4 is 0 Å². The highest BCUT2D eigenvalue weighted by atomic mass is 16.1. The van der Waals surface area contributed by atoms with Crippen molar-refractivity contribution in [2.24, 2.45) is 29.1 Å². The second-order valence-corrected chi connectivity index (χ2v) is 6.69. The molecule has 2 nitrogen and oxygen atoms in total. The van der Waals surface area contributed by atoms with Gasteiger partial charge in [0.15, 0.2) is 0 Å². The first-order valence-corrected chi connectivity index (χ1v) is 6.92. The predicted octanol–water partition coefficient (Wildman–Crippen LogP) is 3.24. The molecule has 0 saturated heterocycles. The second-order valence-electron chi connectivity index (χ2n) is 6.69. The lowest BCUT2D eigenvalue weighted by Gasteiger charge is -2.15. The van der Waals surface area contributed by atoms with E-state index < -0.39 is 0 Å². The van der Waals surface area contributed by atoms with Crippen LogP contribution in [-0.2, 0) is 9.59 Å². The van der Waals surface area contributed by atoms with Crippen LogP contribution in [0.15, 0.2) is 0 Å². The molecule has 0 N–H and O–H groups in total. The molecule has 0 aromatic heterocycles. The Kier molecular flexibility index (Phi) is 3.17. The van der Waals surface area contributed by atoms with Gasteiger partial charge in [0, 0.05) is 24.2 Å². The Morgan fingerprint density at radius 3 is 2.29 bits per heavy atom. The summed E-state index contributed by atoms with van der Waals surface area (Å²) in [5, 5.41) is 0. The quantitative estimate of drug-likeness (QED) is 0.647. The molecule has 96 valence electrons. The fourth-order valence-electron chi connectivity index (χ4n) is 3.49. The SMILES string of the molecule is CC1CCC2C(C(=O)C(C)CCC1=O)C2(C)C. The number of carbonyl (C=O) groups excluding carboxylic acids is 2. The van der Waals surface area contributed by atoms with Gasteiger partial charge in [-0.25, -0.2) is 0 Å². The molecule has 0 amide bonds. The molecule has 0 aliphatic heterocycles. The van der Waals surface area contributed by atoms with Crippen molar-refractivity contribution < 1.29 is 9.59 Å². The minimum atomic E-state index is 0.0681. The van der Waals surface area contributed by atoms with Gasteiger partial charge in [0.2, 0.25) is 0 Å². The summed E-state index contributed by atoms with van der Waals surface area (Å²) in [7, 11) is 0. The molecule has 0 spiro atoms. The average molecular weight is 236 g/mol. The highest BCUT2D eigenvalue weighted by Gasteiger charge is 2.61. The van der Waals surface area contributed by atoms with Crippen molar-refractivity contribution in [1.82, 2.24) is 0 Å². The molecular weight excluding hydrogens is 212 g/mol. The van der Waals surface area contributed by atoms with Crippen LogP contribution >= 0.6 is 0 Å². The van der Waals surface area contributed by atoms with E-state index in [-0.39, 0.29) is 23.2 Å². The largest absolute Gasteiger partial charge is 0.299 e. The zero-order valence-corrected chi connectivity index (χ0v) is 11.5. The Hall–Kier alpha value is -0.660. The summed E-state index contributed by atoms with van der Waals surface area (Å²) >= 11 is 0. The molecule has 0 heterocycles. The molecule has 0 aromatic rings. The Morgan fingerprint density at radius 1 is 1.00 bits per heavy atom. The van der Waals surface area contributed by atoms with E-state index in [1.807, 2.05) is 13.8 Å². The second kappa shape index (κ2) is 4.22. The third kappa shape index (κ3) is 2.19. The molecule has 2 fully saturated rings. The molecule has 2 aliphatic rings. The smallest absolute Gasteiger partial charge is 0.139 e. The number of fused-ring (bicyclic) bond motifs is 1. The normalized spacial score (nSPS) is 41.9. The first kappa shape index (κ1) is 12.8. The number of rotatable bonds is 0. The van der Waals surface area contributed by atoms with Gasteiger partial charge in [-0.2, -0.15) is 0 Å². The third-order valence-corrected chi connectivity index (χ3v) is 5.13. The van der Waals surface area contributed by atoms with Crippen LogP contribution in [0, 0.1) is 29.1 Å². The standard InChI is InChI=1S/C15H24O2/c1-9-5-7-11-13(15(11,3)4)14(17)10(2)6-8-12(9)16/h9-11,13H,5-8H2,1-4H3. The Labute approximate surface area is 104 Å². The topological polar surface area (TPSA) is 34.1 Å². The van der Waals surface area contributed by atoms with Crippen molar-refractivity contribution in [1.29, 1.82) is 0 Å². The third-order valence-electron chi connectivity index (χ3n) is 5.13. The van der Waals surface area contributed by atoms with E-state index in [1.165, 1.54) is 0 Å². The van der Waals surface area contributed by atoms with E-state index >= 15 is 0 Å². The summed E-state index contributed by atoms with van der Waals surface area (Å²) in [4.78, 5) is 24.2. The van der Waals surface area contributed by atoms with E-state index in [2.05, 4.69) is 13.8 Å². The number of hydrogen-bond acceptors (Lipinski definition) is 2. The van der Waals surface area contributed by atoms with Gasteiger partial charge < -0.3 is 0 Å². The van der Waals surface area contributed by atoms with Crippen molar-refractivity contribution >= 4 is 11.6 Å². The molecule has 0 bridgehead atoms. The van der Waals surface area contributed by atoms with Crippen molar-refractivity contribution in [2.75, 3.05) is 0 Å². The minimum absolute atomic E-state index is 0.0681. The van der Waals surface area contributed by atoms with Gasteiger partial charge in [-0.15, -0.1) is 0 Å². The van der Waals surface area contributed by atoms with Crippen molar-refractivity contribution in [3.63, 3.8) is 0 Å². The summed E-state index contributed by atoms with van der Waals surface area (Å²) in [6.07, 6.45) is 3.35. The lowest BCUT2D eigenvalue weighted by atomic mass is 9.88. The Balaban J connectivity index is 2.14. The van der Waals surface area contributed by atoms with Crippen LogP contribution in [0.5, 0.6) is 0 Å². The zero-order chi connectivity index (χ0) is 12.8. The summed E-state index contributed by atoms with van der Waals surface area (Å²) in [5.41, 5.74) is 0.179. The zero-order valence-electron chi connectivity index (χ0n) is 11.5. The summed E-state index contributed by atoms with van der Waals surface area (Å²) in [6, 6.07) is 0. The first-order valence-electron chi connectivity index (χ1n) is 6.92. The van der Waals surface area contributed by atoms with Gasteiger partial charge >= 0.3 is 0 Å². The number of ketones is 2. The van der Waals surface area contributed by atoms with Gasteiger partial charge in [-0.05, 0) is 30.6 Å². The molecule has 2 saturated carbocycles. The van der Waals surface area contributed by atoms with Crippen LogP contribution in [0.3, 0.4) is 0 Å². The van der Waals surface area contributed by atoms with Crippen molar-refractivity contribution in [3.8, 4) is 0 Å². The highest BCUT2D eigenvalue weighted by molar-refractivity contribution is 5.88. The fraction of sp³-hybridized carbons (Fsp3) is 0.867. The van der Waals surface area contributed by atoms with Gasteiger partial charge in [0.25, 0.3) is 0 Å². The Morgan fingerprint density at radius 2 is 1.65 bits per heavy atom. The summed E-state index contributed by atoms with van der Waals surface area (Å²) < 4.78 is 0. The van der Waals surface area contributed by atoms with E-state index in [0.29, 0.717) is 23.9 Å². The van der Waals surface area contributed by atoms with Crippen LogP contribution in [-0.4, -0.2) is 11.6 Å². The minimum Gasteiger partial charge on any atom is -0.299 e. The van der Waals surface area contributed by atoms with Gasteiger partial charge in [-0.1, -0.05) is 27.7 Å². The number of Topliss-reactive ketones (excluding diaryl/α,β-unsaturated/α-hetero) is 2. The van der Waals surface area contributed by atoms with Crippen LogP contribution in [0.4, 0.5) is 0 Å². The molecule has 2 rings (SSSR count). The van der Waals surface area contributed by atoms with Gasteiger partial charge in [0.1, 0.15) is 11.6 Å². The van der Waals surface area contributed by atoms with Crippen molar-refractivity contribution in [3.05, 3.63) is 0 Å². The average Bonchev–Trinajstić information content (AvgIpc) is 2.82. The maximum Gasteiger partial charge on any atom is 0.139 e. The maximum absolute atomic E-state index is 12.3. The monoisotopic (exact) mass is 236 g/mol. The van der Waals surface area contributed by atoms with Gasteiger partial charge in [0.05, 0.1) is 0 Å². The fourth-order valence-corrected chi connectivity index (χ4v) is 3.49. The van der Waals surface area contributed by atoms with E-state index in [9.17, 15) is 9.59 Å². The molecule has 4 unspecified atom stereocenters. The van der Waals surface area contributed by atoms with Gasteiger partial charge in [-0.3, -0.25) is 9.59 Å². The van der Waals surface area contributed by atoms with Crippen molar-refractivity contribution in [2.45, 2.75) is 53.4 Å². The summed E-state index contributed by atoms with van der Waals surface area (Å²) in [6.45, 7) is 8.45.